The van der Waals surface area contributed by atoms with E-state index >= 15 is 0 Å². The Labute approximate surface area is 219 Å². The molecule has 0 aliphatic rings. The number of esters is 2. The highest BCUT2D eigenvalue weighted by Crippen LogP contribution is 2.15. The predicted molar refractivity (Wildman–Crippen MR) is 148 cm³/mol. The van der Waals surface area contributed by atoms with Gasteiger partial charge in [0.25, 0.3) is 0 Å². The molecule has 202 valence electrons. The summed E-state index contributed by atoms with van der Waals surface area (Å²) in [5, 5.41) is 0. The van der Waals surface area contributed by atoms with Crippen LogP contribution < -0.4 is 4.74 Å². The molecule has 0 N–H and O–H groups in total. The highest BCUT2D eigenvalue weighted by molar-refractivity contribution is 5.87. The Bertz CT molecular complexity index is 751. The lowest BCUT2D eigenvalue weighted by Crippen LogP contribution is -2.12. The first-order chi connectivity index (χ1) is 17.5. The molecule has 0 bridgehead atoms. The summed E-state index contributed by atoms with van der Waals surface area (Å²) in [5.41, 5.74) is 1.19. The minimum absolute atomic E-state index is 0.00816. The maximum absolute atomic E-state index is 11.7. The Hall–Kier alpha value is -2.56. The Kier molecular flexibility index (Phi) is 19.0. The zero-order valence-corrected chi connectivity index (χ0v) is 22.7. The van der Waals surface area contributed by atoms with Crippen molar-refractivity contribution in [1.29, 1.82) is 0 Å². The third-order valence-corrected chi connectivity index (χ3v) is 5.97. The lowest BCUT2D eigenvalue weighted by atomic mass is 10.0. The van der Waals surface area contributed by atoms with E-state index in [0.717, 1.165) is 24.3 Å². The van der Waals surface area contributed by atoms with E-state index in [1.807, 2.05) is 24.3 Å². The number of unbranched alkanes of at least 4 members (excludes halogenated alkanes) is 13. The predicted octanol–water partition coefficient (Wildman–Crippen LogP) is 8.22. The number of hydrogen-bond acceptors (Lipinski definition) is 5. The third-order valence-electron chi connectivity index (χ3n) is 5.97. The minimum atomic E-state index is -0.492. The topological polar surface area (TPSA) is 61.8 Å². The Morgan fingerprint density at radius 3 is 1.75 bits per heavy atom. The van der Waals surface area contributed by atoms with Crippen molar-refractivity contribution in [3.8, 4) is 5.75 Å². The molecule has 0 aromatic heterocycles. The van der Waals surface area contributed by atoms with E-state index < -0.39 is 11.9 Å². The first-order valence-corrected chi connectivity index (χ1v) is 13.9. The van der Waals surface area contributed by atoms with E-state index in [0.29, 0.717) is 5.57 Å². The Morgan fingerprint density at radius 1 is 0.722 bits per heavy atom. The normalized spacial score (nSPS) is 10.9. The number of carbonyl (C=O) groups is 2. The lowest BCUT2D eigenvalue weighted by molar-refractivity contribution is -0.146. The molecule has 0 radical (unpaired) electrons. The van der Waals surface area contributed by atoms with Crippen LogP contribution in [0.15, 0.2) is 42.5 Å². The van der Waals surface area contributed by atoms with Gasteiger partial charge in [0.1, 0.15) is 19.0 Å². The zero-order valence-electron chi connectivity index (χ0n) is 22.7. The number of carbonyl (C=O) groups excluding carboxylic acids is 2. The summed E-state index contributed by atoms with van der Waals surface area (Å²) < 4.78 is 15.7. The van der Waals surface area contributed by atoms with Crippen LogP contribution in [0.25, 0.3) is 6.08 Å². The summed E-state index contributed by atoms with van der Waals surface area (Å²) in [6, 6.07) is 7.62. The second kappa shape index (κ2) is 21.7. The largest absolute Gasteiger partial charge is 0.494 e. The summed E-state index contributed by atoms with van der Waals surface area (Å²) in [4.78, 5) is 23.0. The molecule has 1 aromatic carbocycles. The van der Waals surface area contributed by atoms with E-state index in [1.54, 1.807) is 13.0 Å². The smallest absolute Gasteiger partial charge is 0.333 e. The molecule has 0 saturated carbocycles. The fourth-order valence-electron chi connectivity index (χ4n) is 3.77. The summed E-state index contributed by atoms with van der Waals surface area (Å²) >= 11 is 0. The van der Waals surface area contributed by atoms with E-state index in [2.05, 4.69) is 13.5 Å². The van der Waals surface area contributed by atoms with Crippen molar-refractivity contribution in [2.45, 2.75) is 104 Å². The van der Waals surface area contributed by atoms with Gasteiger partial charge in [0.15, 0.2) is 0 Å². The fraction of sp³-hybridized carbons (Fsp3) is 0.613. The molecule has 5 nitrogen and oxygen atoms in total. The van der Waals surface area contributed by atoms with Crippen LogP contribution in [0, 0.1) is 0 Å². The molecule has 0 unspecified atom stereocenters. The zero-order chi connectivity index (χ0) is 26.3. The van der Waals surface area contributed by atoms with Gasteiger partial charge in [0.05, 0.1) is 6.61 Å². The highest BCUT2D eigenvalue weighted by Gasteiger charge is 2.03. The van der Waals surface area contributed by atoms with Crippen LogP contribution >= 0.6 is 0 Å². The molecule has 1 rings (SSSR count). The van der Waals surface area contributed by atoms with Gasteiger partial charge in [-0.05, 0) is 37.1 Å². The monoisotopic (exact) mass is 500 g/mol. The Balaban J connectivity index is 2.00. The summed E-state index contributed by atoms with van der Waals surface area (Å²) in [6.07, 6.45) is 21.9. The van der Waals surface area contributed by atoms with Crippen LogP contribution in [0.5, 0.6) is 5.75 Å². The molecule has 0 saturated heterocycles. The van der Waals surface area contributed by atoms with Gasteiger partial charge >= 0.3 is 11.9 Å². The molecule has 0 amide bonds. The Morgan fingerprint density at radius 2 is 1.22 bits per heavy atom. The van der Waals surface area contributed by atoms with Crippen LogP contribution in [0.2, 0.25) is 0 Å². The summed E-state index contributed by atoms with van der Waals surface area (Å²) in [6.45, 7) is 8.07. The SMILES string of the molecule is C=C(C)C(=O)OCCOC(=O)/C=C/c1ccc(OCCCCCCCCCCCCCCCC)cc1. The van der Waals surface area contributed by atoms with Gasteiger partial charge in [-0.25, -0.2) is 9.59 Å². The van der Waals surface area contributed by atoms with Crippen molar-refractivity contribution in [1.82, 2.24) is 0 Å². The molecule has 0 heterocycles. The molecule has 1 aromatic rings. The van der Waals surface area contributed by atoms with Gasteiger partial charge in [-0.3, -0.25) is 0 Å². The summed E-state index contributed by atoms with van der Waals surface area (Å²) in [5.74, 6) is -0.142. The first-order valence-electron chi connectivity index (χ1n) is 13.9. The number of rotatable bonds is 22. The molecule has 36 heavy (non-hydrogen) atoms. The van der Waals surface area contributed by atoms with Crippen molar-refractivity contribution in [3.63, 3.8) is 0 Å². The average Bonchev–Trinajstić information content (AvgIpc) is 2.88. The highest BCUT2D eigenvalue weighted by atomic mass is 16.6. The third kappa shape index (κ3) is 17.8. The molecule has 0 aliphatic heterocycles. The van der Waals surface area contributed by atoms with Gasteiger partial charge in [0, 0.05) is 11.6 Å². The molecule has 0 aliphatic carbocycles. The van der Waals surface area contributed by atoms with Gasteiger partial charge < -0.3 is 14.2 Å². The molecular weight excluding hydrogens is 452 g/mol. The fourth-order valence-corrected chi connectivity index (χ4v) is 3.77. The minimum Gasteiger partial charge on any atom is -0.494 e. The first kappa shape index (κ1) is 31.5. The van der Waals surface area contributed by atoms with Crippen molar-refractivity contribution < 1.29 is 23.8 Å². The van der Waals surface area contributed by atoms with Crippen LogP contribution in [-0.4, -0.2) is 31.8 Å². The lowest BCUT2D eigenvalue weighted by Gasteiger charge is -2.07. The van der Waals surface area contributed by atoms with Crippen molar-refractivity contribution in [2.75, 3.05) is 19.8 Å². The van der Waals surface area contributed by atoms with Crippen molar-refractivity contribution in [2.24, 2.45) is 0 Å². The van der Waals surface area contributed by atoms with Crippen LogP contribution in [0.1, 0.15) is 109 Å². The molecule has 5 heteroatoms. The second-order valence-corrected chi connectivity index (χ2v) is 9.43. The van der Waals surface area contributed by atoms with E-state index in [1.165, 1.54) is 89.5 Å². The van der Waals surface area contributed by atoms with Crippen LogP contribution in [-0.2, 0) is 19.1 Å². The van der Waals surface area contributed by atoms with Crippen molar-refractivity contribution in [3.05, 3.63) is 48.1 Å². The van der Waals surface area contributed by atoms with Crippen LogP contribution in [0.3, 0.4) is 0 Å². The molecular formula is C31H48O5. The quantitative estimate of drug-likeness (QED) is 0.0911. The maximum Gasteiger partial charge on any atom is 0.333 e. The molecule has 0 atom stereocenters. The number of hydrogen-bond donors (Lipinski definition) is 0. The van der Waals surface area contributed by atoms with Gasteiger partial charge in [0.2, 0.25) is 0 Å². The average molecular weight is 501 g/mol. The molecule has 0 fully saturated rings. The van der Waals surface area contributed by atoms with Crippen LogP contribution in [0.4, 0.5) is 0 Å². The standard InChI is InChI=1S/C31H48O5/c1-4-5-6-7-8-9-10-11-12-13-14-15-16-17-24-34-29-21-18-28(19-22-29)20-23-30(32)35-25-26-36-31(33)27(2)3/h18-23H,2,4-17,24-26H2,1,3H3/b23-20+. The molecule has 0 spiro atoms. The number of benzene rings is 1. The number of ether oxygens (including phenoxy) is 3. The maximum atomic E-state index is 11.7. The van der Waals surface area contributed by atoms with Crippen molar-refractivity contribution >= 4 is 18.0 Å². The second-order valence-electron chi connectivity index (χ2n) is 9.43. The van der Waals surface area contributed by atoms with E-state index in [4.69, 9.17) is 14.2 Å². The van der Waals surface area contributed by atoms with Gasteiger partial charge in [-0.1, -0.05) is 109 Å². The summed E-state index contributed by atoms with van der Waals surface area (Å²) in [7, 11) is 0. The van der Waals surface area contributed by atoms with Gasteiger partial charge in [-0.15, -0.1) is 0 Å². The van der Waals surface area contributed by atoms with E-state index in [9.17, 15) is 9.59 Å². The van der Waals surface area contributed by atoms with E-state index in [-0.39, 0.29) is 13.2 Å². The van der Waals surface area contributed by atoms with Gasteiger partial charge in [-0.2, -0.15) is 0 Å².